The van der Waals surface area contributed by atoms with Gasteiger partial charge in [-0.05, 0) is 12.1 Å². The van der Waals surface area contributed by atoms with Crippen LogP contribution in [0.5, 0.6) is 0 Å². The topological polar surface area (TPSA) is 74.5 Å². The quantitative estimate of drug-likeness (QED) is 0.630. The summed E-state index contributed by atoms with van der Waals surface area (Å²) >= 11 is 0. The Morgan fingerprint density at radius 2 is 2.36 bits per heavy atom. The molecular formula is C9H12N2O3. The first kappa shape index (κ1) is 9.23. The normalized spacial score (nSPS) is 22.1. The predicted molar refractivity (Wildman–Crippen MR) is 49.3 cm³/mol. The molecular weight excluding hydrogens is 184 g/mol. The zero-order valence-electron chi connectivity index (χ0n) is 7.62. The Morgan fingerprint density at radius 3 is 2.93 bits per heavy atom. The summed E-state index contributed by atoms with van der Waals surface area (Å²) in [5.41, 5.74) is 0. The summed E-state index contributed by atoms with van der Waals surface area (Å²) in [6, 6.07) is 3.26. The van der Waals surface area contributed by atoms with E-state index in [1.165, 1.54) is 6.07 Å². The van der Waals surface area contributed by atoms with Crippen molar-refractivity contribution in [3.8, 4) is 0 Å². The maximum Gasteiger partial charge on any atom is 0.371 e. The average molecular weight is 196 g/mol. The molecule has 1 aliphatic rings. The SMILES string of the molecule is O=C(O)c1ccc([C@H]2CNCCN2)o1. The molecule has 1 atom stereocenters. The van der Waals surface area contributed by atoms with Crippen LogP contribution in [0, 0.1) is 0 Å². The molecule has 0 radical (unpaired) electrons. The van der Waals surface area contributed by atoms with Crippen LogP contribution in [0.15, 0.2) is 16.5 Å². The molecule has 1 aromatic heterocycles. The van der Waals surface area contributed by atoms with Crippen molar-refractivity contribution in [3.05, 3.63) is 23.7 Å². The lowest BCUT2D eigenvalue weighted by Gasteiger charge is -2.22. The molecule has 0 spiro atoms. The minimum absolute atomic E-state index is 0.00706. The van der Waals surface area contributed by atoms with Crippen LogP contribution in [-0.4, -0.2) is 30.7 Å². The van der Waals surface area contributed by atoms with E-state index in [-0.39, 0.29) is 11.8 Å². The fourth-order valence-corrected chi connectivity index (χ4v) is 1.51. The molecule has 1 saturated heterocycles. The van der Waals surface area contributed by atoms with Gasteiger partial charge in [-0.1, -0.05) is 0 Å². The highest BCUT2D eigenvalue weighted by molar-refractivity contribution is 5.84. The van der Waals surface area contributed by atoms with Crippen molar-refractivity contribution >= 4 is 5.97 Å². The molecule has 2 heterocycles. The number of furan rings is 1. The van der Waals surface area contributed by atoms with Crippen molar-refractivity contribution < 1.29 is 14.3 Å². The molecule has 0 amide bonds. The second kappa shape index (κ2) is 3.81. The summed E-state index contributed by atoms with van der Waals surface area (Å²) in [6.45, 7) is 2.57. The standard InChI is InChI=1S/C9H12N2O3/c12-9(13)8-2-1-7(14-8)6-5-10-3-4-11-6/h1-2,6,10-11H,3-5H2,(H,12,13)/t6-/m1/s1. The first-order chi connectivity index (χ1) is 6.77. The molecule has 2 rings (SSSR count). The van der Waals surface area contributed by atoms with E-state index in [1.54, 1.807) is 6.07 Å². The lowest BCUT2D eigenvalue weighted by Crippen LogP contribution is -2.42. The molecule has 0 aromatic carbocycles. The Bertz CT molecular complexity index is 329. The molecule has 1 aromatic rings. The van der Waals surface area contributed by atoms with Gasteiger partial charge in [-0.15, -0.1) is 0 Å². The van der Waals surface area contributed by atoms with Crippen LogP contribution in [0.4, 0.5) is 0 Å². The monoisotopic (exact) mass is 196 g/mol. The van der Waals surface area contributed by atoms with Crippen LogP contribution in [0.25, 0.3) is 0 Å². The van der Waals surface area contributed by atoms with Crippen molar-refractivity contribution in [1.29, 1.82) is 0 Å². The van der Waals surface area contributed by atoms with E-state index in [4.69, 9.17) is 9.52 Å². The Morgan fingerprint density at radius 1 is 1.50 bits per heavy atom. The Hall–Kier alpha value is -1.33. The van der Waals surface area contributed by atoms with Gasteiger partial charge in [0.25, 0.3) is 0 Å². The van der Waals surface area contributed by atoms with Gasteiger partial charge in [0.2, 0.25) is 5.76 Å². The van der Waals surface area contributed by atoms with Crippen LogP contribution >= 0.6 is 0 Å². The molecule has 3 N–H and O–H groups in total. The molecule has 76 valence electrons. The summed E-state index contributed by atoms with van der Waals surface area (Å²) in [5.74, 6) is -0.359. The zero-order valence-corrected chi connectivity index (χ0v) is 7.62. The van der Waals surface area contributed by atoms with Crippen molar-refractivity contribution in [3.63, 3.8) is 0 Å². The lowest BCUT2D eigenvalue weighted by atomic mass is 10.2. The maximum atomic E-state index is 10.6. The first-order valence-corrected chi connectivity index (χ1v) is 4.54. The van der Waals surface area contributed by atoms with Gasteiger partial charge in [0.05, 0.1) is 6.04 Å². The van der Waals surface area contributed by atoms with Gasteiger partial charge in [-0.2, -0.15) is 0 Å². The van der Waals surface area contributed by atoms with E-state index in [0.717, 1.165) is 19.6 Å². The van der Waals surface area contributed by atoms with Crippen molar-refractivity contribution in [2.45, 2.75) is 6.04 Å². The number of rotatable bonds is 2. The zero-order chi connectivity index (χ0) is 9.97. The number of hydrogen-bond acceptors (Lipinski definition) is 4. The number of aromatic carboxylic acids is 1. The fourth-order valence-electron chi connectivity index (χ4n) is 1.51. The molecule has 5 nitrogen and oxygen atoms in total. The fraction of sp³-hybridized carbons (Fsp3) is 0.444. The van der Waals surface area contributed by atoms with E-state index in [1.807, 2.05) is 0 Å². The van der Waals surface area contributed by atoms with E-state index in [9.17, 15) is 4.79 Å². The Balaban J connectivity index is 2.11. The largest absolute Gasteiger partial charge is 0.475 e. The first-order valence-electron chi connectivity index (χ1n) is 4.54. The van der Waals surface area contributed by atoms with E-state index in [0.29, 0.717) is 5.76 Å². The highest BCUT2D eigenvalue weighted by atomic mass is 16.4. The van der Waals surface area contributed by atoms with Gasteiger partial charge in [-0.3, -0.25) is 0 Å². The van der Waals surface area contributed by atoms with Gasteiger partial charge in [0, 0.05) is 19.6 Å². The number of piperazine rings is 1. The second-order valence-electron chi connectivity index (χ2n) is 3.22. The number of carboxylic acid groups (broad SMARTS) is 1. The molecule has 1 aliphatic heterocycles. The van der Waals surface area contributed by atoms with Crippen LogP contribution in [0.2, 0.25) is 0 Å². The summed E-state index contributed by atoms with van der Waals surface area (Å²) in [6.07, 6.45) is 0. The van der Waals surface area contributed by atoms with Gasteiger partial charge < -0.3 is 20.2 Å². The molecule has 1 fully saturated rings. The minimum Gasteiger partial charge on any atom is -0.475 e. The van der Waals surface area contributed by atoms with Gasteiger partial charge >= 0.3 is 5.97 Å². The third-order valence-corrected chi connectivity index (χ3v) is 2.22. The van der Waals surface area contributed by atoms with E-state index in [2.05, 4.69) is 10.6 Å². The number of nitrogens with one attached hydrogen (secondary N) is 2. The van der Waals surface area contributed by atoms with E-state index < -0.39 is 5.97 Å². The number of hydrogen-bond donors (Lipinski definition) is 3. The summed E-state index contributed by atoms with van der Waals surface area (Å²) in [5, 5.41) is 15.1. The maximum absolute atomic E-state index is 10.6. The molecule has 0 saturated carbocycles. The van der Waals surface area contributed by atoms with E-state index >= 15 is 0 Å². The highest BCUT2D eigenvalue weighted by Gasteiger charge is 2.19. The molecule has 0 aliphatic carbocycles. The number of carbonyl (C=O) groups is 1. The predicted octanol–water partition coefficient (Wildman–Crippen LogP) is 0.212. The highest BCUT2D eigenvalue weighted by Crippen LogP contribution is 2.17. The minimum atomic E-state index is -1.03. The summed E-state index contributed by atoms with van der Waals surface area (Å²) < 4.78 is 5.18. The number of carboxylic acids is 1. The van der Waals surface area contributed by atoms with Gasteiger partial charge in [-0.25, -0.2) is 4.79 Å². The second-order valence-corrected chi connectivity index (χ2v) is 3.22. The van der Waals surface area contributed by atoms with Crippen LogP contribution in [-0.2, 0) is 0 Å². The lowest BCUT2D eigenvalue weighted by molar-refractivity contribution is 0.0659. The molecule has 5 heteroatoms. The van der Waals surface area contributed by atoms with Gasteiger partial charge in [0.15, 0.2) is 0 Å². The Kier molecular flexibility index (Phi) is 2.51. The van der Waals surface area contributed by atoms with Gasteiger partial charge in [0.1, 0.15) is 5.76 Å². The molecule has 0 bridgehead atoms. The van der Waals surface area contributed by atoms with Crippen LogP contribution in [0.3, 0.4) is 0 Å². The summed E-state index contributed by atoms with van der Waals surface area (Å²) in [7, 11) is 0. The summed E-state index contributed by atoms with van der Waals surface area (Å²) in [4.78, 5) is 10.6. The molecule has 14 heavy (non-hydrogen) atoms. The van der Waals surface area contributed by atoms with Crippen LogP contribution < -0.4 is 10.6 Å². The van der Waals surface area contributed by atoms with Crippen molar-refractivity contribution in [1.82, 2.24) is 10.6 Å². The third-order valence-electron chi connectivity index (χ3n) is 2.22. The van der Waals surface area contributed by atoms with Crippen molar-refractivity contribution in [2.24, 2.45) is 0 Å². The average Bonchev–Trinajstić information content (AvgIpc) is 2.68. The third kappa shape index (κ3) is 1.78. The molecule has 0 unspecified atom stereocenters. The van der Waals surface area contributed by atoms with Crippen LogP contribution in [0.1, 0.15) is 22.4 Å². The smallest absolute Gasteiger partial charge is 0.371 e. The Labute approximate surface area is 81.1 Å². The van der Waals surface area contributed by atoms with Crippen molar-refractivity contribution in [2.75, 3.05) is 19.6 Å².